The van der Waals surface area contributed by atoms with Gasteiger partial charge in [0.05, 0.1) is 13.2 Å². The predicted molar refractivity (Wildman–Crippen MR) is 142 cm³/mol. The van der Waals surface area contributed by atoms with Crippen LogP contribution < -0.4 is 15.4 Å². The first-order chi connectivity index (χ1) is 15.2. The van der Waals surface area contributed by atoms with Gasteiger partial charge in [-0.15, -0.1) is 24.0 Å². The number of benzene rings is 1. The van der Waals surface area contributed by atoms with Crippen molar-refractivity contribution in [3.8, 4) is 5.75 Å². The Kier molecular flexibility index (Phi) is 13.3. The van der Waals surface area contributed by atoms with Crippen LogP contribution >= 0.6 is 24.0 Å². The minimum atomic E-state index is 0. The maximum Gasteiger partial charge on any atom is 0.191 e. The summed E-state index contributed by atoms with van der Waals surface area (Å²) in [6.45, 7) is 13.0. The summed E-state index contributed by atoms with van der Waals surface area (Å²) in [7, 11) is 1.83. The number of guanidine groups is 1. The zero-order chi connectivity index (χ0) is 21.7. The molecular weight excluding hydrogens is 517 g/mol. The first-order valence-corrected chi connectivity index (χ1v) is 11.9. The van der Waals surface area contributed by atoms with Gasteiger partial charge in [0.15, 0.2) is 5.96 Å². The molecule has 1 aromatic rings. The maximum atomic E-state index is 5.97. The van der Waals surface area contributed by atoms with Crippen molar-refractivity contribution in [3.63, 3.8) is 0 Å². The lowest BCUT2D eigenvalue weighted by molar-refractivity contribution is 0.0322. The van der Waals surface area contributed by atoms with E-state index < -0.39 is 0 Å². The summed E-state index contributed by atoms with van der Waals surface area (Å²) in [5, 5.41) is 6.85. The molecule has 0 aliphatic carbocycles. The maximum absolute atomic E-state index is 5.97. The molecule has 2 saturated heterocycles. The van der Waals surface area contributed by atoms with Gasteiger partial charge < -0.3 is 25.0 Å². The van der Waals surface area contributed by atoms with E-state index in [-0.39, 0.29) is 24.0 Å². The fourth-order valence-electron chi connectivity index (χ4n) is 4.06. The van der Waals surface area contributed by atoms with Gasteiger partial charge in [0.25, 0.3) is 0 Å². The number of hydrogen-bond donors (Lipinski definition) is 2. The molecule has 32 heavy (non-hydrogen) atoms. The molecule has 0 saturated carbocycles. The molecule has 0 amide bonds. The summed E-state index contributed by atoms with van der Waals surface area (Å²) in [4.78, 5) is 9.33. The molecule has 0 radical (unpaired) electrons. The summed E-state index contributed by atoms with van der Waals surface area (Å²) in [6, 6.07) is 8.30. The van der Waals surface area contributed by atoms with E-state index in [0.29, 0.717) is 6.61 Å². The van der Waals surface area contributed by atoms with Gasteiger partial charge in [-0.1, -0.05) is 19.1 Å². The molecule has 0 spiro atoms. The highest BCUT2D eigenvalue weighted by Gasteiger charge is 2.14. The van der Waals surface area contributed by atoms with Crippen LogP contribution in [0.15, 0.2) is 29.3 Å². The molecule has 7 nitrogen and oxygen atoms in total. The second-order valence-electron chi connectivity index (χ2n) is 8.68. The molecule has 182 valence electrons. The Morgan fingerprint density at radius 1 is 1.09 bits per heavy atom. The standard InChI is InChI=1S/C24H41N5O2.HI/c1-21-7-11-28(12-8-21)10-4-9-26-24(25-2)27-20-22-5-3-6-23(19-22)31-18-15-29-13-16-30-17-14-29;/h3,5-6,19,21H,4,7-18,20H2,1-2H3,(H2,25,26,27);1H. The van der Waals surface area contributed by atoms with Crippen LogP contribution in [0.2, 0.25) is 0 Å². The van der Waals surface area contributed by atoms with E-state index in [9.17, 15) is 0 Å². The van der Waals surface area contributed by atoms with Crippen LogP contribution in [0.3, 0.4) is 0 Å². The fourth-order valence-corrected chi connectivity index (χ4v) is 4.06. The number of ether oxygens (including phenoxy) is 2. The molecule has 1 aromatic carbocycles. The molecule has 0 unspecified atom stereocenters. The number of rotatable bonds is 10. The van der Waals surface area contributed by atoms with Crippen LogP contribution in [0.4, 0.5) is 0 Å². The summed E-state index contributed by atoms with van der Waals surface area (Å²) < 4.78 is 11.4. The molecule has 2 N–H and O–H groups in total. The van der Waals surface area contributed by atoms with Crippen LogP contribution in [0.25, 0.3) is 0 Å². The van der Waals surface area contributed by atoms with Crippen molar-refractivity contribution in [2.24, 2.45) is 10.9 Å². The van der Waals surface area contributed by atoms with E-state index >= 15 is 0 Å². The van der Waals surface area contributed by atoms with E-state index in [1.165, 1.54) is 38.0 Å². The fraction of sp³-hybridized carbons (Fsp3) is 0.708. The zero-order valence-corrected chi connectivity index (χ0v) is 22.2. The van der Waals surface area contributed by atoms with Crippen molar-refractivity contribution in [3.05, 3.63) is 29.8 Å². The van der Waals surface area contributed by atoms with Gasteiger partial charge in [0.2, 0.25) is 0 Å². The van der Waals surface area contributed by atoms with Crippen molar-refractivity contribution >= 4 is 29.9 Å². The average molecular weight is 560 g/mol. The van der Waals surface area contributed by atoms with Crippen LogP contribution in [0.5, 0.6) is 5.75 Å². The lowest BCUT2D eigenvalue weighted by Crippen LogP contribution is -2.39. The van der Waals surface area contributed by atoms with Crippen LogP contribution in [0.1, 0.15) is 31.7 Å². The number of likely N-dealkylation sites (tertiary alicyclic amines) is 1. The molecule has 0 bridgehead atoms. The van der Waals surface area contributed by atoms with Crippen molar-refractivity contribution in [1.82, 2.24) is 20.4 Å². The van der Waals surface area contributed by atoms with E-state index in [1.54, 1.807) is 0 Å². The number of nitrogens with one attached hydrogen (secondary N) is 2. The van der Waals surface area contributed by atoms with Gasteiger partial charge in [-0.05, 0) is 62.5 Å². The molecular formula is C24H42IN5O2. The molecule has 0 aromatic heterocycles. The Bertz CT molecular complexity index is 662. The molecule has 2 aliphatic heterocycles. The molecule has 2 heterocycles. The minimum absolute atomic E-state index is 0. The largest absolute Gasteiger partial charge is 0.492 e. The van der Waals surface area contributed by atoms with Gasteiger partial charge in [-0.3, -0.25) is 9.89 Å². The third-order valence-corrected chi connectivity index (χ3v) is 6.18. The first kappa shape index (κ1) is 27.1. The highest BCUT2D eigenvalue weighted by atomic mass is 127. The number of piperidine rings is 1. The topological polar surface area (TPSA) is 61.4 Å². The molecule has 0 atom stereocenters. The normalized spacial score (nSPS) is 18.8. The first-order valence-electron chi connectivity index (χ1n) is 11.9. The van der Waals surface area contributed by atoms with Gasteiger partial charge >= 0.3 is 0 Å². The molecule has 2 aliphatic rings. The van der Waals surface area contributed by atoms with Crippen molar-refractivity contribution in [1.29, 1.82) is 0 Å². The van der Waals surface area contributed by atoms with E-state index in [1.807, 2.05) is 13.1 Å². The smallest absolute Gasteiger partial charge is 0.191 e. The van der Waals surface area contributed by atoms with Crippen LogP contribution in [0, 0.1) is 5.92 Å². The SMILES string of the molecule is CN=C(NCCCN1CCC(C)CC1)NCc1cccc(OCCN2CCOCC2)c1.I. The number of hydrogen-bond acceptors (Lipinski definition) is 5. The summed E-state index contributed by atoms with van der Waals surface area (Å²) >= 11 is 0. The molecule has 2 fully saturated rings. The second-order valence-corrected chi connectivity index (χ2v) is 8.68. The van der Waals surface area contributed by atoms with E-state index in [0.717, 1.165) is 70.0 Å². The summed E-state index contributed by atoms with van der Waals surface area (Å²) in [5.74, 6) is 2.67. The Hall–Kier alpha value is -1.10. The predicted octanol–water partition coefficient (Wildman–Crippen LogP) is 2.80. The highest BCUT2D eigenvalue weighted by Crippen LogP contribution is 2.16. The Labute approximate surface area is 211 Å². The third-order valence-electron chi connectivity index (χ3n) is 6.18. The highest BCUT2D eigenvalue weighted by molar-refractivity contribution is 14.0. The lowest BCUT2D eigenvalue weighted by Gasteiger charge is -2.30. The Morgan fingerprint density at radius 2 is 1.84 bits per heavy atom. The number of halogens is 1. The average Bonchev–Trinajstić information content (AvgIpc) is 2.81. The Balaban J connectivity index is 0.00000363. The van der Waals surface area contributed by atoms with Crippen molar-refractivity contribution in [2.45, 2.75) is 32.7 Å². The van der Waals surface area contributed by atoms with Crippen molar-refractivity contribution < 1.29 is 9.47 Å². The summed E-state index contributed by atoms with van der Waals surface area (Å²) in [5.41, 5.74) is 1.19. The van der Waals surface area contributed by atoms with Gasteiger partial charge in [-0.2, -0.15) is 0 Å². The number of nitrogens with zero attached hydrogens (tertiary/aromatic N) is 3. The van der Waals surface area contributed by atoms with E-state index in [4.69, 9.17) is 9.47 Å². The summed E-state index contributed by atoms with van der Waals surface area (Å²) in [6.07, 6.45) is 3.82. The quantitative estimate of drug-likeness (QED) is 0.199. The number of morpholine rings is 1. The van der Waals surface area contributed by atoms with Gasteiger partial charge in [0.1, 0.15) is 12.4 Å². The molecule has 8 heteroatoms. The second kappa shape index (κ2) is 15.7. The zero-order valence-electron chi connectivity index (χ0n) is 19.9. The third kappa shape index (κ3) is 10.2. The lowest BCUT2D eigenvalue weighted by atomic mass is 9.99. The number of aliphatic imine (C=N–C) groups is 1. The molecule has 3 rings (SSSR count). The van der Waals surface area contributed by atoms with Crippen LogP contribution in [-0.2, 0) is 11.3 Å². The van der Waals surface area contributed by atoms with Gasteiger partial charge in [-0.25, -0.2) is 0 Å². The van der Waals surface area contributed by atoms with E-state index in [2.05, 4.69) is 50.5 Å². The van der Waals surface area contributed by atoms with Crippen LogP contribution in [-0.4, -0.2) is 88.4 Å². The van der Waals surface area contributed by atoms with Gasteiger partial charge in [0, 0.05) is 39.8 Å². The monoisotopic (exact) mass is 559 g/mol. The van der Waals surface area contributed by atoms with Crippen molar-refractivity contribution in [2.75, 3.05) is 72.7 Å². The minimum Gasteiger partial charge on any atom is -0.492 e. The Morgan fingerprint density at radius 3 is 2.59 bits per heavy atom.